The number of amides is 1. The van der Waals surface area contributed by atoms with Crippen LogP contribution in [0.4, 0.5) is 0 Å². The number of aryl methyl sites for hydroxylation is 1. The lowest BCUT2D eigenvalue weighted by Gasteiger charge is -2.24. The lowest BCUT2D eigenvalue weighted by molar-refractivity contribution is -0.123. The molecule has 0 fully saturated rings. The highest BCUT2D eigenvalue weighted by Gasteiger charge is 2.20. The first-order valence-electron chi connectivity index (χ1n) is 7.00. The number of carbonyl (C=O) groups is 1. The van der Waals surface area contributed by atoms with Crippen LogP contribution >= 0.6 is 11.6 Å². The lowest BCUT2D eigenvalue weighted by Crippen LogP contribution is -2.38. The summed E-state index contributed by atoms with van der Waals surface area (Å²) in [5.74, 6) is -0.0565. The molecule has 0 radical (unpaired) electrons. The molecule has 1 amide bonds. The van der Waals surface area contributed by atoms with E-state index in [1.807, 2.05) is 31.2 Å². The third-order valence-corrected chi connectivity index (χ3v) is 3.58. The van der Waals surface area contributed by atoms with Crippen molar-refractivity contribution >= 4 is 17.5 Å². The van der Waals surface area contributed by atoms with Crippen LogP contribution in [0.1, 0.15) is 25.0 Å². The average Bonchev–Trinajstić information content (AvgIpc) is 3.01. The van der Waals surface area contributed by atoms with Gasteiger partial charge >= 0.3 is 0 Å². The number of aromatic nitrogens is 3. The maximum absolute atomic E-state index is 12.0. The van der Waals surface area contributed by atoms with Gasteiger partial charge in [-0.15, -0.1) is 0 Å². The number of benzene rings is 1. The van der Waals surface area contributed by atoms with Gasteiger partial charge in [0.2, 0.25) is 5.91 Å². The topological polar surface area (TPSA) is 69.0 Å². The summed E-state index contributed by atoms with van der Waals surface area (Å²) >= 11 is 5.89. The third kappa shape index (κ3) is 4.54. The van der Waals surface area contributed by atoms with Gasteiger partial charge < -0.3 is 10.1 Å². The molecule has 6 nitrogen and oxygen atoms in total. The number of rotatable bonds is 7. The second kappa shape index (κ2) is 7.91. The van der Waals surface area contributed by atoms with Crippen LogP contribution in [0.3, 0.4) is 0 Å². The van der Waals surface area contributed by atoms with Crippen LogP contribution in [-0.4, -0.2) is 33.8 Å². The van der Waals surface area contributed by atoms with E-state index in [9.17, 15) is 4.79 Å². The fraction of sp³-hybridized carbons (Fsp3) is 0.400. The molecular formula is C15H19ClN4O2. The molecule has 1 N–H and O–H groups in total. The molecule has 0 bridgehead atoms. The Morgan fingerprint density at radius 2 is 2.14 bits per heavy atom. The molecular weight excluding hydrogens is 304 g/mol. The van der Waals surface area contributed by atoms with Crippen LogP contribution in [0.2, 0.25) is 5.02 Å². The third-order valence-electron chi connectivity index (χ3n) is 3.33. The van der Waals surface area contributed by atoms with Crippen molar-refractivity contribution in [1.82, 2.24) is 20.1 Å². The summed E-state index contributed by atoms with van der Waals surface area (Å²) in [6, 6.07) is 7.25. The fourth-order valence-electron chi connectivity index (χ4n) is 2.25. The Morgan fingerprint density at radius 3 is 2.73 bits per heavy atom. The summed E-state index contributed by atoms with van der Waals surface area (Å²) in [6.07, 6.45) is 3.14. The van der Waals surface area contributed by atoms with Gasteiger partial charge in [0.05, 0.1) is 12.6 Å². The number of ether oxygens (including phenoxy) is 1. The Morgan fingerprint density at radius 1 is 1.41 bits per heavy atom. The summed E-state index contributed by atoms with van der Waals surface area (Å²) in [4.78, 5) is 15.8. The van der Waals surface area contributed by atoms with Crippen LogP contribution in [-0.2, 0) is 16.1 Å². The molecule has 1 heterocycles. The van der Waals surface area contributed by atoms with E-state index >= 15 is 0 Å². The summed E-state index contributed by atoms with van der Waals surface area (Å²) < 4.78 is 7.13. The number of carbonyl (C=O) groups excluding carboxylic acids is 1. The van der Waals surface area contributed by atoms with Gasteiger partial charge in [-0.25, -0.2) is 4.98 Å². The molecule has 1 aromatic carbocycles. The SMILES string of the molecule is CO[C@H](c1ccc(Cl)cc1)[C@@H](C)NC(=O)CCn1cncn1. The van der Waals surface area contributed by atoms with Crippen molar-refractivity contribution < 1.29 is 9.53 Å². The predicted octanol–water partition coefficient (Wildman–Crippen LogP) is 2.21. The van der Waals surface area contributed by atoms with Crippen LogP contribution in [0.25, 0.3) is 0 Å². The number of hydrogen-bond acceptors (Lipinski definition) is 4. The number of nitrogens with zero attached hydrogens (tertiary/aromatic N) is 3. The van der Waals surface area contributed by atoms with E-state index in [4.69, 9.17) is 16.3 Å². The van der Waals surface area contributed by atoms with Crippen molar-refractivity contribution in [2.24, 2.45) is 0 Å². The van der Waals surface area contributed by atoms with Gasteiger partial charge in [-0.05, 0) is 24.6 Å². The van der Waals surface area contributed by atoms with Gasteiger partial charge in [-0.2, -0.15) is 5.10 Å². The van der Waals surface area contributed by atoms with E-state index < -0.39 is 0 Å². The second-order valence-corrected chi connectivity index (χ2v) is 5.41. The van der Waals surface area contributed by atoms with Gasteiger partial charge in [-0.1, -0.05) is 23.7 Å². The molecule has 0 aliphatic heterocycles. The van der Waals surface area contributed by atoms with Crippen LogP contribution < -0.4 is 5.32 Å². The molecule has 0 spiro atoms. The normalized spacial score (nSPS) is 13.6. The highest BCUT2D eigenvalue weighted by molar-refractivity contribution is 6.30. The summed E-state index contributed by atoms with van der Waals surface area (Å²) in [7, 11) is 1.62. The van der Waals surface area contributed by atoms with Crippen LogP contribution in [0.15, 0.2) is 36.9 Å². The predicted molar refractivity (Wildman–Crippen MR) is 83.4 cm³/mol. The van der Waals surface area contributed by atoms with Crippen molar-refractivity contribution in [3.05, 3.63) is 47.5 Å². The number of methoxy groups -OCH3 is 1. The van der Waals surface area contributed by atoms with E-state index in [2.05, 4.69) is 15.4 Å². The monoisotopic (exact) mass is 322 g/mol. The smallest absolute Gasteiger partial charge is 0.222 e. The zero-order valence-electron chi connectivity index (χ0n) is 12.6. The first-order chi connectivity index (χ1) is 10.6. The van der Waals surface area contributed by atoms with Gasteiger partial charge in [0.25, 0.3) is 0 Å². The minimum Gasteiger partial charge on any atom is -0.375 e. The molecule has 0 aliphatic carbocycles. The van der Waals surface area contributed by atoms with E-state index in [0.29, 0.717) is 18.0 Å². The van der Waals surface area contributed by atoms with E-state index in [1.54, 1.807) is 18.1 Å². The summed E-state index contributed by atoms with van der Waals surface area (Å²) in [5.41, 5.74) is 0.968. The largest absolute Gasteiger partial charge is 0.375 e. The van der Waals surface area contributed by atoms with Crippen LogP contribution in [0.5, 0.6) is 0 Å². The van der Waals surface area contributed by atoms with Crippen molar-refractivity contribution in [1.29, 1.82) is 0 Å². The second-order valence-electron chi connectivity index (χ2n) is 4.97. The molecule has 2 aromatic rings. The average molecular weight is 323 g/mol. The number of halogens is 1. The Bertz CT molecular complexity index is 586. The highest BCUT2D eigenvalue weighted by Crippen LogP contribution is 2.22. The molecule has 0 aliphatic rings. The van der Waals surface area contributed by atoms with Crippen molar-refractivity contribution in [3.8, 4) is 0 Å². The van der Waals surface area contributed by atoms with E-state index in [1.165, 1.54) is 6.33 Å². The maximum atomic E-state index is 12.0. The lowest BCUT2D eigenvalue weighted by atomic mass is 10.0. The molecule has 0 saturated carbocycles. The Labute approximate surface area is 134 Å². The quantitative estimate of drug-likeness (QED) is 0.848. The first-order valence-corrected chi connectivity index (χ1v) is 7.38. The molecule has 1 aromatic heterocycles. The molecule has 7 heteroatoms. The van der Waals surface area contributed by atoms with Crippen molar-refractivity contribution in [2.45, 2.75) is 32.0 Å². The number of hydrogen-bond donors (Lipinski definition) is 1. The van der Waals surface area contributed by atoms with Crippen molar-refractivity contribution in [3.63, 3.8) is 0 Å². The van der Waals surface area contributed by atoms with Gasteiger partial charge in [0.1, 0.15) is 18.8 Å². The zero-order chi connectivity index (χ0) is 15.9. The van der Waals surface area contributed by atoms with Gasteiger partial charge in [-0.3, -0.25) is 9.48 Å². The molecule has 0 saturated heterocycles. The summed E-state index contributed by atoms with van der Waals surface area (Å²) in [6.45, 7) is 2.41. The van der Waals surface area contributed by atoms with Crippen LogP contribution in [0, 0.1) is 0 Å². The Kier molecular flexibility index (Phi) is 5.91. The Balaban J connectivity index is 1.89. The standard InChI is InChI=1S/C15H19ClN4O2/c1-11(15(22-2)12-3-5-13(16)6-4-12)19-14(21)7-8-20-10-17-9-18-20/h3-6,9-11,15H,7-8H2,1-2H3,(H,19,21)/t11-,15+/m1/s1. The van der Waals surface area contributed by atoms with E-state index in [0.717, 1.165) is 5.56 Å². The Hall–Kier alpha value is -1.92. The molecule has 2 atom stereocenters. The molecule has 0 unspecified atom stereocenters. The fourth-order valence-corrected chi connectivity index (χ4v) is 2.37. The minimum absolute atomic E-state index is 0.0565. The van der Waals surface area contributed by atoms with Gasteiger partial charge in [0, 0.05) is 18.6 Å². The van der Waals surface area contributed by atoms with Crippen molar-refractivity contribution in [2.75, 3.05) is 7.11 Å². The maximum Gasteiger partial charge on any atom is 0.222 e. The molecule has 2 rings (SSSR count). The molecule has 118 valence electrons. The van der Waals surface area contributed by atoms with E-state index in [-0.39, 0.29) is 18.1 Å². The van der Waals surface area contributed by atoms with Gasteiger partial charge in [0.15, 0.2) is 0 Å². The number of nitrogens with one attached hydrogen (secondary N) is 1. The first kappa shape index (κ1) is 16.5. The minimum atomic E-state index is -0.229. The zero-order valence-corrected chi connectivity index (χ0v) is 13.3. The summed E-state index contributed by atoms with van der Waals surface area (Å²) in [5, 5.41) is 7.58. The highest BCUT2D eigenvalue weighted by atomic mass is 35.5. The molecule has 22 heavy (non-hydrogen) atoms.